The predicted octanol–water partition coefficient (Wildman–Crippen LogP) is 4.78. The third-order valence-corrected chi connectivity index (χ3v) is 6.71. The topological polar surface area (TPSA) is 47.0 Å². The lowest BCUT2D eigenvalue weighted by Gasteiger charge is -2.55. The van der Waals surface area contributed by atoms with E-state index >= 15 is 0 Å². The summed E-state index contributed by atoms with van der Waals surface area (Å²) in [5.74, 6) is 0.669. The van der Waals surface area contributed by atoms with Crippen LogP contribution in [0.4, 0.5) is 0 Å². The molecule has 0 unspecified atom stereocenters. The summed E-state index contributed by atoms with van der Waals surface area (Å²) in [6, 6.07) is 3.84. The molecular formula is C19H28BrN3O. The minimum absolute atomic E-state index is 0.262. The van der Waals surface area contributed by atoms with Crippen molar-refractivity contribution in [2.45, 2.75) is 94.2 Å². The average Bonchev–Trinajstić information content (AvgIpc) is 2.58. The molecule has 3 fully saturated rings. The minimum Gasteiger partial charge on any atom is -0.473 e. The molecule has 2 saturated carbocycles. The quantitative estimate of drug-likeness (QED) is 0.785. The second kappa shape index (κ2) is 6.91. The lowest BCUT2D eigenvalue weighted by molar-refractivity contribution is -0.00712. The van der Waals surface area contributed by atoms with Crippen molar-refractivity contribution >= 4 is 15.9 Å². The summed E-state index contributed by atoms with van der Waals surface area (Å²) in [4.78, 5) is 0. The molecule has 1 saturated heterocycles. The fourth-order valence-electron chi connectivity index (χ4n) is 5.34. The molecule has 1 aromatic rings. The Morgan fingerprint density at radius 3 is 1.96 bits per heavy atom. The third kappa shape index (κ3) is 3.62. The highest BCUT2D eigenvalue weighted by Crippen LogP contribution is 2.45. The largest absolute Gasteiger partial charge is 0.473 e. The molecule has 1 aromatic heterocycles. The molecule has 3 aliphatic rings. The second-order valence-electron chi connectivity index (χ2n) is 8.15. The van der Waals surface area contributed by atoms with E-state index in [4.69, 9.17) is 4.74 Å². The van der Waals surface area contributed by atoms with E-state index in [1.54, 1.807) is 0 Å². The first-order chi connectivity index (χ1) is 11.7. The molecular weight excluding hydrogens is 366 g/mol. The van der Waals surface area contributed by atoms with E-state index in [9.17, 15) is 0 Å². The van der Waals surface area contributed by atoms with Crippen LogP contribution in [-0.2, 0) is 0 Å². The summed E-state index contributed by atoms with van der Waals surface area (Å²) in [6.45, 7) is 0. The fraction of sp³-hybridized carbons (Fsp3) is 0.789. The Morgan fingerprint density at radius 2 is 1.46 bits per heavy atom. The van der Waals surface area contributed by atoms with E-state index in [-0.39, 0.29) is 6.10 Å². The molecule has 2 aliphatic carbocycles. The second-order valence-corrected chi connectivity index (χ2v) is 8.96. The first-order valence-electron chi connectivity index (χ1n) is 9.62. The first kappa shape index (κ1) is 16.8. The van der Waals surface area contributed by atoms with Crippen molar-refractivity contribution in [2.24, 2.45) is 0 Å². The van der Waals surface area contributed by atoms with Crippen molar-refractivity contribution in [1.29, 1.82) is 0 Å². The van der Waals surface area contributed by atoms with Gasteiger partial charge in [-0.25, -0.2) is 0 Å². The van der Waals surface area contributed by atoms with Crippen LogP contribution in [0.1, 0.15) is 77.0 Å². The van der Waals surface area contributed by atoms with Gasteiger partial charge in [0, 0.05) is 30.0 Å². The highest BCUT2D eigenvalue weighted by Gasteiger charge is 2.48. The lowest BCUT2D eigenvalue weighted by Crippen LogP contribution is -2.66. The number of nitrogens with one attached hydrogen (secondary N) is 1. The normalized spacial score (nSPS) is 28.8. The summed E-state index contributed by atoms with van der Waals surface area (Å²) >= 11 is 3.35. The SMILES string of the molecule is Brc1ccc(OC2CC3(CCCCC3)NC3(CCCCC3)C2)nn1. The Bertz CT molecular complexity index is 524. The number of rotatable bonds is 2. The van der Waals surface area contributed by atoms with Gasteiger partial charge in [0.05, 0.1) is 0 Å². The van der Waals surface area contributed by atoms with Gasteiger partial charge < -0.3 is 10.1 Å². The lowest BCUT2D eigenvalue weighted by atomic mass is 9.66. The zero-order valence-electron chi connectivity index (χ0n) is 14.4. The highest BCUT2D eigenvalue weighted by atomic mass is 79.9. The highest BCUT2D eigenvalue weighted by molar-refractivity contribution is 9.10. The van der Waals surface area contributed by atoms with Crippen LogP contribution in [0.15, 0.2) is 16.7 Å². The summed E-state index contributed by atoms with van der Waals surface area (Å²) < 4.78 is 7.09. The zero-order chi connectivity index (χ0) is 16.5. The van der Waals surface area contributed by atoms with Crippen molar-refractivity contribution in [3.63, 3.8) is 0 Å². The van der Waals surface area contributed by atoms with Crippen LogP contribution in [0.5, 0.6) is 5.88 Å². The smallest absolute Gasteiger partial charge is 0.233 e. The molecule has 5 heteroatoms. The molecule has 1 N–H and O–H groups in total. The number of halogens is 1. The molecule has 0 bridgehead atoms. The molecule has 0 radical (unpaired) electrons. The first-order valence-corrected chi connectivity index (χ1v) is 10.4. The van der Waals surface area contributed by atoms with Crippen molar-refractivity contribution in [3.05, 3.63) is 16.7 Å². The number of nitrogens with zero attached hydrogens (tertiary/aromatic N) is 2. The van der Waals surface area contributed by atoms with Gasteiger partial charge in [0.1, 0.15) is 10.7 Å². The van der Waals surface area contributed by atoms with Crippen molar-refractivity contribution in [3.8, 4) is 5.88 Å². The van der Waals surface area contributed by atoms with Gasteiger partial charge in [0.15, 0.2) is 0 Å². The fourth-order valence-corrected chi connectivity index (χ4v) is 5.56. The van der Waals surface area contributed by atoms with Crippen LogP contribution in [0, 0.1) is 0 Å². The van der Waals surface area contributed by atoms with Crippen molar-refractivity contribution in [2.75, 3.05) is 0 Å². The summed E-state index contributed by atoms with van der Waals surface area (Å²) in [5, 5.41) is 12.5. The van der Waals surface area contributed by atoms with Crippen LogP contribution >= 0.6 is 15.9 Å². The molecule has 0 aromatic carbocycles. The molecule has 4 nitrogen and oxygen atoms in total. The Kier molecular flexibility index (Phi) is 4.83. The zero-order valence-corrected chi connectivity index (χ0v) is 16.0. The monoisotopic (exact) mass is 393 g/mol. The molecule has 24 heavy (non-hydrogen) atoms. The van der Waals surface area contributed by atoms with Crippen LogP contribution in [0.2, 0.25) is 0 Å². The molecule has 2 heterocycles. The van der Waals surface area contributed by atoms with E-state index in [1.807, 2.05) is 12.1 Å². The third-order valence-electron chi connectivity index (χ3n) is 6.28. The maximum Gasteiger partial charge on any atom is 0.233 e. The van der Waals surface area contributed by atoms with Gasteiger partial charge in [0.25, 0.3) is 0 Å². The van der Waals surface area contributed by atoms with Crippen LogP contribution in [-0.4, -0.2) is 27.4 Å². The number of piperidine rings is 1. The van der Waals surface area contributed by atoms with Gasteiger partial charge in [0.2, 0.25) is 5.88 Å². The Balaban J connectivity index is 1.54. The average molecular weight is 394 g/mol. The minimum atomic E-state index is 0.262. The van der Waals surface area contributed by atoms with E-state index in [0.29, 0.717) is 17.0 Å². The maximum absolute atomic E-state index is 6.33. The molecule has 1 aliphatic heterocycles. The molecule has 4 rings (SSSR count). The summed E-state index contributed by atoms with van der Waals surface area (Å²) in [5.41, 5.74) is 0.586. The van der Waals surface area contributed by atoms with Crippen LogP contribution < -0.4 is 10.1 Å². The Hall–Kier alpha value is -0.680. The molecule has 2 spiro atoms. The molecule has 0 atom stereocenters. The van der Waals surface area contributed by atoms with Gasteiger partial charge >= 0.3 is 0 Å². The van der Waals surface area contributed by atoms with E-state index < -0.39 is 0 Å². The summed E-state index contributed by atoms with van der Waals surface area (Å²) in [7, 11) is 0. The standard InChI is InChI=1S/C19H28BrN3O/c20-16-7-8-17(22-21-16)24-15-13-18(9-3-1-4-10-18)23-19(14-15)11-5-2-6-12-19/h7-8,15,23H,1-6,9-14H2. The summed E-state index contributed by atoms with van der Waals surface area (Å²) in [6.07, 6.45) is 15.9. The number of hydrogen-bond acceptors (Lipinski definition) is 4. The van der Waals surface area contributed by atoms with Crippen LogP contribution in [0.3, 0.4) is 0 Å². The van der Waals surface area contributed by atoms with Crippen LogP contribution in [0.25, 0.3) is 0 Å². The van der Waals surface area contributed by atoms with E-state index in [2.05, 4.69) is 31.4 Å². The van der Waals surface area contributed by atoms with Crippen molar-refractivity contribution in [1.82, 2.24) is 15.5 Å². The van der Waals surface area contributed by atoms with Gasteiger partial charge in [-0.1, -0.05) is 38.5 Å². The van der Waals surface area contributed by atoms with Gasteiger partial charge in [-0.3, -0.25) is 0 Å². The van der Waals surface area contributed by atoms with E-state index in [1.165, 1.54) is 64.2 Å². The van der Waals surface area contributed by atoms with Gasteiger partial charge in [-0.2, -0.15) is 0 Å². The van der Waals surface area contributed by atoms with Gasteiger partial charge in [-0.05, 0) is 47.7 Å². The number of aromatic nitrogens is 2. The van der Waals surface area contributed by atoms with E-state index in [0.717, 1.165) is 17.4 Å². The van der Waals surface area contributed by atoms with Crippen molar-refractivity contribution < 1.29 is 4.74 Å². The number of ether oxygens (including phenoxy) is 1. The predicted molar refractivity (Wildman–Crippen MR) is 98.1 cm³/mol. The molecule has 0 amide bonds. The van der Waals surface area contributed by atoms with Gasteiger partial charge in [-0.15, -0.1) is 10.2 Å². The Morgan fingerprint density at radius 1 is 0.875 bits per heavy atom. The maximum atomic E-state index is 6.33. The Labute approximate surface area is 153 Å². The molecule has 132 valence electrons. The number of hydrogen-bond donors (Lipinski definition) is 1.